The lowest BCUT2D eigenvalue weighted by molar-refractivity contribution is -0.132. The fourth-order valence-electron chi connectivity index (χ4n) is 2.16. The molecule has 2 aromatic rings. The first-order valence-electron chi connectivity index (χ1n) is 6.91. The number of nitrogens with one attached hydrogen (secondary N) is 2. The molecule has 2 N–H and O–H groups in total. The van der Waals surface area contributed by atoms with E-state index >= 15 is 0 Å². The van der Waals surface area contributed by atoms with Gasteiger partial charge in [-0.05, 0) is 26.0 Å². The minimum atomic E-state index is -0.996. The molecule has 0 saturated carbocycles. The molecule has 1 aliphatic heterocycles. The second kappa shape index (κ2) is 6.15. The van der Waals surface area contributed by atoms with Crippen LogP contribution in [0.15, 0.2) is 17.5 Å². The number of rotatable bonds is 4. The van der Waals surface area contributed by atoms with Crippen LogP contribution in [-0.2, 0) is 9.59 Å². The number of nitrogens with zero attached hydrogens (tertiary/aromatic N) is 2. The zero-order valence-electron chi connectivity index (χ0n) is 12.8. The zero-order valence-corrected chi connectivity index (χ0v) is 15.1. The molecule has 1 saturated heterocycles. The SMILES string of the molecule is CC1(C)NC(=O)N(CC(=O)Nc2nc(-c3ccc(Cl)s3)cs2)C1=O. The highest BCUT2D eigenvalue weighted by Crippen LogP contribution is 2.32. The number of thiophene rings is 1. The highest BCUT2D eigenvalue weighted by molar-refractivity contribution is 7.20. The van der Waals surface area contributed by atoms with Gasteiger partial charge in [-0.3, -0.25) is 14.5 Å². The quantitative estimate of drug-likeness (QED) is 0.793. The molecule has 126 valence electrons. The van der Waals surface area contributed by atoms with Crippen molar-refractivity contribution in [3.8, 4) is 10.6 Å². The summed E-state index contributed by atoms with van der Waals surface area (Å²) < 4.78 is 0.657. The Morgan fingerprint density at radius 3 is 2.75 bits per heavy atom. The summed E-state index contributed by atoms with van der Waals surface area (Å²) >= 11 is 8.54. The van der Waals surface area contributed by atoms with Crippen LogP contribution in [0.1, 0.15) is 13.8 Å². The van der Waals surface area contributed by atoms with Gasteiger partial charge < -0.3 is 10.6 Å². The molecule has 3 heterocycles. The van der Waals surface area contributed by atoms with Crippen LogP contribution in [0.2, 0.25) is 4.34 Å². The summed E-state index contributed by atoms with van der Waals surface area (Å²) in [5, 5.41) is 7.32. The molecule has 1 fully saturated rings. The molecule has 0 aromatic carbocycles. The summed E-state index contributed by atoms with van der Waals surface area (Å²) in [5.41, 5.74) is -0.284. The summed E-state index contributed by atoms with van der Waals surface area (Å²) in [7, 11) is 0. The molecule has 2 aromatic heterocycles. The second-order valence-corrected chi connectivity index (χ2v) is 8.21. The first-order valence-corrected chi connectivity index (χ1v) is 8.99. The minimum Gasteiger partial charge on any atom is -0.324 e. The van der Waals surface area contributed by atoms with E-state index in [1.807, 2.05) is 6.07 Å². The van der Waals surface area contributed by atoms with Crippen LogP contribution in [0.3, 0.4) is 0 Å². The Hall–Kier alpha value is -1.97. The fourth-order valence-corrected chi connectivity index (χ4v) is 3.97. The highest BCUT2D eigenvalue weighted by atomic mass is 35.5. The summed E-state index contributed by atoms with van der Waals surface area (Å²) in [6.07, 6.45) is 0. The van der Waals surface area contributed by atoms with Crippen LogP contribution in [0.5, 0.6) is 0 Å². The maximum atomic E-state index is 12.1. The molecule has 3 rings (SSSR count). The van der Waals surface area contributed by atoms with Crippen LogP contribution < -0.4 is 10.6 Å². The van der Waals surface area contributed by atoms with Crippen molar-refractivity contribution in [1.82, 2.24) is 15.2 Å². The van der Waals surface area contributed by atoms with Gasteiger partial charge in [-0.1, -0.05) is 11.6 Å². The van der Waals surface area contributed by atoms with Crippen LogP contribution in [-0.4, -0.2) is 39.8 Å². The molecule has 0 unspecified atom stereocenters. The number of carbonyl (C=O) groups excluding carboxylic acids is 3. The lowest BCUT2D eigenvalue weighted by Crippen LogP contribution is -2.41. The van der Waals surface area contributed by atoms with Crippen LogP contribution in [0, 0.1) is 0 Å². The number of amides is 4. The molecule has 10 heteroatoms. The Balaban J connectivity index is 1.65. The molecule has 0 atom stereocenters. The van der Waals surface area contributed by atoms with Crippen molar-refractivity contribution >= 4 is 57.3 Å². The minimum absolute atomic E-state index is 0.353. The molecule has 0 spiro atoms. The molecular weight excluding hydrogens is 372 g/mol. The maximum Gasteiger partial charge on any atom is 0.325 e. The summed E-state index contributed by atoms with van der Waals surface area (Å²) in [4.78, 5) is 42.0. The van der Waals surface area contributed by atoms with Crippen LogP contribution in [0.25, 0.3) is 10.6 Å². The van der Waals surface area contributed by atoms with Crippen molar-refractivity contribution in [2.24, 2.45) is 0 Å². The van der Waals surface area contributed by atoms with E-state index in [9.17, 15) is 14.4 Å². The van der Waals surface area contributed by atoms with E-state index in [0.29, 0.717) is 15.2 Å². The largest absolute Gasteiger partial charge is 0.325 e. The molecule has 24 heavy (non-hydrogen) atoms. The van der Waals surface area contributed by atoms with Gasteiger partial charge in [0, 0.05) is 5.38 Å². The number of imide groups is 1. The predicted octanol–water partition coefficient (Wildman–Crippen LogP) is 2.79. The van der Waals surface area contributed by atoms with Gasteiger partial charge in [-0.2, -0.15) is 0 Å². The molecular formula is C14H13ClN4O3S2. The van der Waals surface area contributed by atoms with E-state index in [4.69, 9.17) is 11.6 Å². The topological polar surface area (TPSA) is 91.4 Å². The number of halogens is 1. The lowest BCUT2D eigenvalue weighted by Gasteiger charge is -2.15. The number of anilines is 1. The number of aromatic nitrogens is 1. The van der Waals surface area contributed by atoms with E-state index in [2.05, 4.69) is 15.6 Å². The van der Waals surface area contributed by atoms with Gasteiger partial charge >= 0.3 is 6.03 Å². The Labute approximate surface area is 150 Å². The van der Waals surface area contributed by atoms with Gasteiger partial charge in [0.05, 0.1) is 14.9 Å². The third kappa shape index (κ3) is 3.28. The van der Waals surface area contributed by atoms with Crippen molar-refractivity contribution in [2.75, 3.05) is 11.9 Å². The van der Waals surface area contributed by atoms with E-state index in [-0.39, 0.29) is 6.54 Å². The van der Waals surface area contributed by atoms with Crippen LogP contribution in [0.4, 0.5) is 9.93 Å². The van der Waals surface area contributed by atoms with Crippen molar-refractivity contribution in [1.29, 1.82) is 0 Å². The number of carbonyl (C=O) groups is 3. The normalized spacial score (nSPS) is 16.4. The summed E-state index contributed by atoms with van der Waals surface area (Å²) in [5.74, 6) is -0.919. The van der Waals surface area contributed by atoms with Gasteiger partial charge in [0.2, 0.25) is 5.91 Å². The smallest absolute Gasteiger partial charge is 0.324 e. The van der Waals surface area contributed by atoms with Gasteiger partial charge in [0.25, 0.3) is 5.91 Å². The van der Waals surface area contributed by atoms with Crippen molar-refractivity contribution < 1.29 is 14.4 Å². The van der Waals surface area contributed by atoms with E-state index < -0.39 is 23.4 Å². The van der Waals surface area contributed by atoms with Gasteiger partial charge in [0.15, 0.2) is 5.13 Å². The average Bonchev–Trinajstić information content (AvgIpc) is 3.15. The van der Waals surface area contributed by atoms with E-state index in [1.54, 1.807) is 25.3 Å². The van der Waals surface area contributed by atoms with Crippen molar-refractivity contribution in [3.63, 3.8) is 0 Å². The van der Waals surface area contributed by atoms with E-state index in [1.165, 1.54) is 22.7 Å². The number of hydrogen-bond acceptors (Lipinski definition) is 6. The van der Waals surface area contributed by atoms with Crippen molar-refractivity contribution in [3.05, 3.63) is 21.8 Å². The molecule has 4 amide bonds. The molecule has 0 aliphatic carbocycles. The Kier molecular flexibility index (Phi) is 4.33. The molecule has 0 radical (unpaired) electrons. The van der Waals surface area contributed by atoms with Gasteiger partial charge in [-0.25, -0.2) is 9.78 Å². The zero-order chi connectivity index (χ0) is 17.5. The van der Waals surface area contributed by atoms with E-state index in [0.717, 1.165) is 9.78 Å². The molecule has 7 nitrogen and oxygen atoms in total. The predicted molar refractivity (Wildman–Crippen MR) is 93.4 cm³/mol. The molecule has 0 bridgehead atoms. The van der Waals surface area contributed by atoms with Gasteiger partial charge in [0.1, 0.15) is 12.1 Å². The summed E-state index contributed by atoms with van der Waals surface area (Å²) in [6, 6.07) is 3.05. The third-order valence-electron chi connectivity index (χ3n) is 3.32. The standard InChI is InChI=1S/C14H13ClN4O3S2/c1-14(2)11(21)19(13(22)18-14)5-10(20)17-12-16-7(6-23-12)8-3-4-9(15)24-8/h3-4,6H,5H2,1-2H3,(H,18,22)(H,16,17,20). The second-order valence-electron chi connectivity index (χ2n) is 5.64. The number of thiazole rings is 1. The lowest BCUT2D eigenvalue weighted by atomic mass is 10.1. The Morgan fingerprint density at radius 1 is 1.42 bits per heavy atom. The Morgan fingerprint density at radius 2 is 2.17 bits per heavy atom. The van der Waals surface area contributed by atoms with Crippen LogP contribution >= 0.6 is 34.3 Å². The monoisotopic (exact) mass is 384 g/mol. The third-order valence-corrected chi connectivity index (χ3v) is 5.33. The Bertz CT molecular complexity index is 830. The fraction of sp³-hybridized carbons (Fsp3) is 0.286. The highest BCUT2D eigenvalue weighted by Gasteiger charge is 2.44. The first kappa shape index (κ1) is 16.9. The maximum absolute atomic E-state index is 12.1. The van der Waals surface area contributed by atoms with Gasteiger partial charge in [-0.15, -0.1) is 22.7 Å². The first-order chi connectivity index (χ1) is 11.3. The van der Waals surface area contributed by atoms with Crippen molar-refractivity contribution in [2.45, 2.75) is 19.4 Å². The average molecular weight is 385 g/mol. The molecule has 1 aliphatic rings. The number of urea groups is 1. The number of hydrogen-bond donors (Lipinski definition) is 2. The summed E-state index contributed by atoms with van der Waals surface area (Å²) in [6.45, 7) is 2.82.